The maximum Gasteiger partial charge on any atom is 0.305 e. The van der Waals surface area contributed by atoms with Crippen LogP contribution in [-0.4, -0.2) is 65.9 Å². The molecule has 188 valence electrons. The number of rotatable bonds is 17. The number of carbonyl (C=O) groups excluding carboxylic acids is 2. The summed E-state index contributed by atoms with van der Waals surface area (Å²) in [5.41, 5.74) is 0. The normalized spacial score (nSPS) is 25.5. The number of hydrogen-bond acceptors (Lipinski definition) is 7. The van der Waals surface area contributed by atoms with Crippen LogP contribution >= 0.6 is 0 Å². The van der Waals surface area contributed by atoms with E-state index >= 15 is 0 Å². The van der Waals surface area contributed by atoms with Gasteiger partial charge in [-0.2, -0.15) is 0 Å². The van der Waals surface area contributed by atoms with E-state index in [0.29, 0.717) is 13.0 Å². The first-order valence-electron chi connectivity index (χ1n) is 12.5. The van der Waals surface area contributed by atoms with Gasteiger partial charge in [0.25, 0.3) is 0 Å². The topological polar surface area (TPSA) is 114 Å². The second-order valence-electron chi connectivity index (χ2n) is 8.74. The van der Waals surface area contributed by atoms with Gasteiger partial charge >= 0.3 is 5.97 Å². The molecule has 0 aromatic heterocycles. The van der Waals surface area contributed by atoms with E-state index in [1.807, 2.05) is 0 Å². The largest absolute Gasteiger partial charge is 0.463 e. The summed E-state index contributed by atoms with van der Waals surface area (Å²) in [7, 11) is 0. The van der Waals surface area contributed by atoms with Crippen LogP contribution in [0.2, 0.25) is 0 Å². The van der Waals surface area contributed by atoms with Crippen molar-refractivity contribution in [2.45, 2.75) is 128 Å². The molecule has 0 aliphatic carbocycles. The molecule has 1 aliphatic heterocycles. The van der Waals surface area contributed by atoms with E-state index in [9.17, 15) is 19.8 Å². The minimum Gasteiger partial charge on any atom is -0.463 e. The highest BCUT2D eigenvalue weighted by atomic mass is 16.7. The van der Waals surface area contributed by atoms with Gasteiger partial charge in [-0.15, -0.1) is 0 Å². The van der Waals surface area contributed by atoms with Gasteiger partial charge in [0, 0.05) is 20.0 Å². The third-order valence-electron chi connectivity index (χ3n) is 5.74. The average molecular weight is 460 g/mol. The molecule has 0 radical (unpaired) electrons. The molecular formula is C24H45NO7. The van der Waals surface area contributed by atoms with E-state index in [2.05, 4.69) is 19.2 Å². The van der Waals surface area contributed by atoms with E-state index in [0.717, 1.165) is 51.4 Å². The predicted octanol–water partition coefficient (Wildman–Crippen LogP) is 3.22. The number of nitrogens with one attached hydrogen (secondary N) is 1. The van der Waals surface area contributed by atoms with Gasteiger partial charge in [-0.3, -0.25) is 9.59 Å². The highest BCUT2D eigenvalue weighted by Gasteiger charge is 2.46. The zero-order valence-electron chi connectivity index (χ0n) is 20.2. The number of esters is 1. The van der Waals surface area contributed by atoms with Gasteiger partial charge in [-0.05, 0) is 12.8 Å². The molecule has 5 atom stereocenters. The van der Waals surface area contributed by atoms with Crippen LogP contribution in [0.5, 0.6) is 0 Å². The quantitative estimate of drug-likeness (QED) is 0.226. The first kappa shape index (κ1) is 28.8. The molecule has 8 heteroatoms. The molecule has 3 N–H and O–H groups in total. The molecule has 0 aromatic rings. The number of carbonyl (C=O) groups is 2. The minimum absolute atomic E-state index is 0.171. The fourth-order valence-corrected chi connectivity index (χ4v) is 3.80. The molecule has 0 saturated carbocycles. The summed E-state index contributed by atoms with van der Waals surface area (Å²) in [4.78, 5) is 23.6. The smallest absolute Gasteiger partial charge is 0.305 e. The first-order valence-corrected chi connectivity index (χ1v) is 12.5. The van der Waals surface area contributed by atoms with Crippen LogP contribution in [0.4, 0.5) is 0 Å². The van der Waals surface area contributed by atoms with Gasteiger partial charge in [0.15, 0.2) is 6.29 Å². The molecule has 1 heterocycles. The first-order chi connectivity index (χ1) is 15.4. The van der Waals surface area contributed by atoms with Gasteiger partial charge in [0.05, 0.1) is 0 Å². The fraction of sp³-hybridized carbons (Fsp3) is 0.917. The van der Waals surface area contributed by atoms with Crippen LogP contribution in [-0.2, 0) is 23.8 Å². The highest BCUT2D eigenvalue weighted by molar-refractivity contribution is 5.73. The molecule has 32 heavy (non-hydrogen) atoms. The second kappa shape index (κ2) is 17.3. The zero-order valence-corrected chi connectivity index (χ0v) is 20.2. The van der Waals surface area contributed by atoms with Gasteiger partial charge in [-0.1, -0.05) is 71.6 Å². The summed E-state index contributed by atoms with van der Waals surface area (Å²) in [5.74, 6) is -0.703. The lowest BCUT2D eigenvalue weighted by Crippen LogP contribution is -2.64. The van der Waals surface area contributed by atoms with Crippen molar-refractivity contribution in [3.05, 3.63) is 0 Å². The van der Waals surface area contributed by atoms with Crippen molar-refractivity contribution >= 4 is 11.9 Å². The number of amides is 1. The summed E-state index contributed by atoms with van der Waals surface area (Å²) in [6.45, 7) is 5.89. The van der Waals surface area contributed by atoms with Crippen LogP contribution < -0.4 is 5.32 Å². The Hall–Kier alpha value is -1.22. The second-order valence-corrected chi connectivity index (χ2v) is 8.74. The Kier molecular flexibility index (Phi) is 15.6. The molecule has 5 unspecified atom stereocenters. The summed E-state index contributed by atoms with van der Waals surface area (Å²) < 4.78 is 16.9. The molecule has 1 saturated heterocycles. The molecule has 0 bridgehead atoms. The molecule has 1 aliphatic rings. The Bertz CT molecular complexity index is 517. The van der Waals surface area contributed by atoms with Gasteiger partial charge in [-0.25, -0.2) is 0 Å². The third kappa shape index (κ3) is 11.6. The van der Waals surface area contributed by atoms with Crippen molar-refractivity contribution in [1.82, 2.24) is 5.32 Å². The van der Waals surface area contributed by atoms with Crippen LogP contribution in [0.15, 0.2) is 0 Å². The number of aliphatic hydroxyl groups excluding tert-OH is 2. The van der Waals surface area contributed by atoms with Gasteiger partial charge in [0.2, 0.25) is 5.91 Å². The van der Waals surface area contributed by atoms with E-state index in [-0.39, 0.29) is 18.5 Å². The Morgan fingerprint density at radius 1 is 0.875 bits per heavy atom. The summed E-state index contributed by atoms with van der Waals surface area (Å²) in [6, 6.07) is -0.895. The Morgan fingerprint density at radius 3 is 2.09 bits per heavy atom. The van der Waals surface area contributed by atoms with Crippen molar-refractivity contribution in [3.8, 4) is 0 Å². The number of unbranched alkanes of at least 4 members (excludes halogenated alkanes) is 9. The lowest BCUT2D eigenvalue weighted by Gasteiger charge is -2.42. The molecule has 1 rings (SSSR count). The van der Waals surface area contributed by atoms with Gasteiger partial charge < -0.3 is 29.7 Å². The van der Waals surface area contributed by atoms with Crippen molar-refractivity contribution in [2.24, 2.45) is 0 Å². The number of aliphatic hydroxyl groups is 2. The number of ether oxygens (including phenoxy) is 3. The molecular weight excluding hydrogens is 414 g/mol. The fourth-order valence-electron chi connectivity index (χ4n) is 3.80. The molecule has 1 fully saturated rings. The predicted molar refractivity (Wildman–Crippen MR) is 122 cm³/mol. The van der Waals surface area contributed by atoms with Crippen LogP contribution in [0.3, 0.4) is 0 Å². The van der Waals surface area contributed by atoms with Crippen LogP contribution in [0.25, 0.3) is 0 Å². The Morgan fingerprint density at radius 2 is 1.47 bits per heavy atom. The van der Waals surface area contributed by atoms with Crippen molar-refractivity contribution < 1.29 is 34.0 Å². The van der Waals surface area contributed by atoms with Crippen molar-refractivity contribution in [2.75, 3.05) is 13.2 Å². The standard InChI is InChI=1S/C24H45NO7/c1-4-6-8-10-12-14-16-30-24-21(25-18(3)26)23(29)22(28)19(32-24)17-31-20(27)15-13-11-9-7-5-2/h19,21-24,28-29H,4-17H2,1-3H3,(H,25,26). The van der Waals surface area contributed by atoms with Gasteiger partial charge in [0.1, 0.15) is 31.0 Å². The average Bonchev–Trinajstić information content (AvgIpc) is 2.76. The van der Waals surface area contributed by atoms with Crippen LogP contribution in [0, 0.1) is 0 Å². The summed E-state index contributed by atoms with van der Waals surface area (Å²) in [5, 5.41) is 23.6. The van der Waals surface area contributed by atoms with Crippen LogP contribution in [0.1, 0.15) is 97.8 Å². The van der Waals surface area contributed by atoms with Crippen molar-refractivity contribution in [1.29, 1.82) is 0 Å². The van der Waals surface area contributed by atoms with Crippen molar-refractivity contribution in [3.63, 3.8) is 0 Å². The lowest BCUT2D eigenvalue weighted by atomic mass is 9.97. The zero-order chi connectivity index (χ0) is 23.8. The maximum absolute atomic E-state index is 12.0. The monoisotopic (exact) mass is 459 g/mol. The Balaban J connectivity index is 2.50. The van der Waals surface area contributed by atoms with E-state index in [4.69, 9.17) is 14.2 Å². The Labute approximate surface area is 193 Å². The highest BCUT2D eigenvalue weighted by Crippen LogP contribution is 2.23. The molecule has 0 aromatic carbocycles. The summed E-state index contributed by atoms with van der Waals surface area (Å²) in [6.07, 6.45) is 7.64. The van der Waals surface area contributed by atoms with E-state index < -0.39 is 30.6 Å². The third-order valence-corrected chi connectivity index (χ3v) is 5.74. The lowest BCUT2D eigenvalue weighted by molar-refractivity contribution is -0.271. The maximum atomic E-state index is 12.0. The SMILES string of the molecule is CCCCCCCCOC1OC(COC(=O)CCCCCCC)C(O)C(O)C1NC(C)=O. The number of hydrogen-bond donors (Lipinski definition) is 3. The molecule has 1 amide bonds. The van der Waals surface area contributed by atoms with E-state index in [1.54, 1.807) is 0 Å². The molecule has 8 nitrogen and oxygen atoms in total. The summed E-state index contributed by atoms with van der Waals surface area (Å²) >= 11 is 0. The minimum atomic E-state index is -1.31. The van der Waals surface area contributed by atoms with E-state index in [1.165, 1.54) is 26.2 Å². The molecule has 0 spiro atoms.